The number of hydrogen-bond donors (Lipinski definition) is 4. The van der Waals surface area contributed by atoms with E-state index in [0.29, 0.717) is 18.7 Å². The highest BCUT2D eigenvalue weighted by molar-refractivity contribution is 5.83. The van der Waals surface area contributed by atoms with Crippen molar-refractivity contribution in [3.05, 3.63) is 0 Å². The first-order valence-corrected chi connectivity index (χ1v) is 7.63. The van der Waals surface area contributed by atoms with E-state index in [2.05, 4.69) is 10.6 Å². The maximum Gasteiger partial charge on any atom is 0.149 e. The van der Waals surface area contributed by atoms with Crippen molar-refractivity contribution in [1.82, 2.24) is 10.6 Å². The molecule has 0 radical (unpaired) electrons. The van der Waals surface area contributed by atoms with E-state index in [4.69, 9.17) is 11.5 Å². The first-order valence-electron chi connectivity index (χ1n) is 7.63. The van der Waals surface area contributed by atoms with Crippen molar-refractivity contribution in [3.63, 3.8) is 0 Å². The third-order valence-electron chi connectivity index (χ3n) is 3.06. The molecular formula is C14H32N4O. The molecule has 6 N–H and O–H groups in total. The highest BCUT2D eigenvalue weighted by atomic mass is 16.1. The Balaban J connectivity index is 3.80. The summed E-state index contributed by atoms with van der Waals surface area (Å²) in [4.78, 5) is 12.0. The van der Waals surface area contributed by atoms with Gasteiger partial charge >= 0.3 is 0 Å². The Hall–Kier alpha value is -0.490. The molecule has 114 valence electrons. The molecule has 0 fully saturated rings. The summed E-state index contributed by atoms with van der Waals surface area (Å²) < 4.78 is 0. The van der Waals surface area contributed by atoms with Crippen LogP contribution in [0.2, 0.25) is 0 Å². The zero-order valence-corrected chi connectivity index (χ0v) is 12.4. The van der Waals surface area contributed by atoms with Gasteiger partial charge in [0.15, 0.2) is 0 Å². The topological polar surface area (TPSA) is 93.2 Å². The van der Waals surface area contributed by atoms with Crippen LogP contribution in [0.25, 0.3) is 0 Å². The molecule has 5 nitrogen and oxygen atoms in total. The number of carbonyl (C=O) groups excluding carboxylic acids is 1. The van der Waals surface area contributed by atoms with Gasteiger partial charge in [0.1, 0.15) is 5.78 Å². The minimum atomic E-state index is 0.00260. The number of hydrogen-bond acceptors (Lipinski definition) is 5. The third-order valence-corrected chi connectivity index (χ3v) is 3.06. The second-order valence-electron chi connectivity index (χ2n) is 4.90. The molecule has 0 amide bonds. The Kier molecular flexibility index (Phi) is 13.6. The molecule has 0 aliphatic carbocycles. The predicted octanol–water partition coefficient (Wildman–Crippen LogP) is 0.381. The van der Waals surface area contributed by atoms with Crippen LogP contribution in [-0.2, 0) is 4.79 Å². The first-order chi connectivity index (χ1) is 9.26. The highest BCUT2D eigenvalue weighted by Crippen LogP contribution is 2.03. The van der Waals surface area contributed by atoms with Gasteiger partial charge in [0.05, 0.1) is 6.04 Å². The van der Waals surface area contributed by atoms with E-state index in [1.807, 2.05) is 6.92 Å². The summed E-state index contributed by atoms with van der Waals surface area (Å²) in [6.07, 6.45) is 5.43. The van der Waals surface area contributed by atoms with Crippen molar-refractivity contribution in [2.45, 2.75) is 51.5 Å². The van der Waals surface area contributed by atoms with Gasteiger partial charge in [-0.15, -0.1) is 0 Å². The lowest BCUT2D eigenvalue weighted by Crippen LogP contribution is -2.38. The summed E-state index contributed by atoms with van der Waals surface area (Å²) in [5.74, 6) is 0.335. The summed E-state index contributed by atoms with van der Waals surface area (Å²) in [7, 11) is 0. The van der Waals surface area contributed by atoms with Gasteiger partial charge in [-0.3, -0.25) is 4.79 Å². The van der Waals surface area contributed by atoms with Gasteiger partial charge in [0.25, 0.3) is 0 Å². The molecule has 0 spiro atoms. The van der Waals surface area contributed by atoms with E-state index in [9.17, 15) is 4.79 Å². The van der Waals surface area contributed by atoms with Crippen LogP contribution in [0.1, 0.15) is 45.4 Å². The fourth-order valence-electron chi connectivity index (χ4n) is 1.96. The molecule has 1 atom stereocenters. The van der Waals surface area contributed by atoms with Gasteiger partial charge in [0.2, 0.25) is 0 Å². The molecular weight excluding hydrogens is 240 g/mol. The maximum atomic E-state index is 12.0. The van der Waals surface area contributed by atoms with Crippen LogP contribution in [0, 0.1) is 0 Å². The smallest absolute Gasteiger partial charge is 0.149 e. The van der Waals surface area contributed by atoms with Crippen molar-refractivity contribution >= 4 is 5.78 Å². The summed E-state index contributed by atoms with van der Waals surface area (Å²) >= 11 is 0. The van der Waals surface area contributed by atoms with E-state index in [-0.39, 0.29) is 6.04 Å². The molecule has 0 aromatic carbocycles. The summed E-state index contributed by atoms with van der Waals surface area (Å²) in [6.45, 7) is 6.19. The Morgan fingerprint density at radius 3 is 2.32 bits per heavy atom. The molecule has 0 bridgehead atoms. The fourth-order valence-corrected chi connectivity index (χ4v) is 1.96. The van der Waals surface area contributed by atoms with E-state index in [1.54, 1.807) is 0 Å². The number of Topliss-reactive ketones (excluding diaryl/α,β-unsaturated/α-hetero) is 1. The maximum absolute atomic E-state index is 12.0. The lowest BCUT2D eigenvalue weighted by Gasteiger charge is -2.17. The molecule has 1 unspecified atom stereocenters. The van der Waals surface area contributed by atoms with Crippen molar-refractivity contribution < 1.29 is 4.79 Å². The third kappa shape index (κ3) is 11.1. The van der Waals surface area contributed by atoms with Crippen molar-refractivity contribution in [2.24, 2.45) is 11.5 Å². The molecule has 0 aliphatic rings. The van der Waals surface area contributed by atoms with E-state index < -0.39 is 0 Å². The van der Waals surface area contributed by atoms with Crippen LogP contribution >= 0.6 is 0 Å². The second kappa shape index (κ2) is 13.9. The Labute approximate surface area is 117 Å². The minimum Gasteiger partial charge on any atom is -0.330 e. The summed E-state index contributed by atoms with van der Waals surface area (Å²) in [5.41, 5.74) is 10.9. The average Bonchev–Trinajstić information content (AvgIpc) is 2.41. The van der Waals surface area contributed by atoms with Crippen LogP contribution in [0.4, 0.5) is 0 Å². The van der Waals surface area contributed by atoms with Crippen LogP contribution in [0.5, 0.6) is 0 Å². The summed E-state index contributed by atoms with van der Waals surface area (Å²) in [5, 5.41) is 6.67. The standard InChI is InChI=1S/C14H32N4O/c1-2-6-14(19)13(18-12-5-9-16)7-3-10-17-11-4-8-15/h13,17-18H,2-12,15-16H2,1H3. The number of ketones is 1. The van der Waals surface area contributed by atoms with Gasteiger partial charge in [-0.2, -0.15) is 0 Å². The molecule has 5 heteroatoms. The van der Waals surface area contributed by atoms with Crippen molar-refractivity contribution in [2.75, 3.05) is 32.7 Å². The van der Waals surface area contributed by atoms with Gasteiger partial charge in [-0.05, 0) is 64.8 Å². The van der Waals surface area contributed by atoms with Crippen molar-refractivity contribution in [3.8, 4) is 0 Å². The molecule has 19 heavy (non-hydrogen) atoms. The van der Waals surface area contributed by atoms with E-state index in [0.717, 1.165) is 58.3 Å². The number of nitrogens with one attached hydrogen (secondary N) is 2. The zero-order valence-electron chi connectivity index (χ0n) is 12.4. The highest BCUT2D eigenvalue weighted by Gasteiger charge is 2.15. The molecule has 0 aromatic rings. The predicted molar refractivity (Wildman–Crippen MR) is 81.2 cm³/mol. The van der Waals surface area contributed by atoms with Crippen LogP contribution in [-0.4, -0.2) is 44.5 Å². The molecule has 0 aromatic heterocycles. The van der Waals surface area contributed by atoms with Gasteiger partial charge in [-0.25, -0.2) is 0 Å². The fraction of sp³-hybridized carbons (Fsp3) is 0.929. The monoisotopic (exact) mass is 272 g/mol. The molecule has 0 saturated heterocycles. The number of nitrogens with two attached hydrogens (primary N) is 2. The largest absolute Gasteiger partial charge is 0.330 e. The second-order valence-corrected chi connectivity index (χ2v) is 4.90. The molecule has 0 saturated carbocycles. The first kappa shape index (κ1) is 18.5. The summed E-state index contributed by atoms with van der Waals surface area (Å²) in [6, 6.07) is 0.00260. The number of rotatable bonds is 14. The van der Waals surface area contributed by atoms with Crippen LogP contribution in [0.3, 0.4) is 0 Å². The van der Waals surface area contributed by atoms with Gasteiger partial charge < -0.3 is 22.1 Å². The molecule has 0 aliphatic heterocycles. The molecule has 0 rings (SSSR count). The Bertz CT molecular complexity index is 212. The normalized spacial score (nSPS) is 12.6. The minimum absolute atomic E-state index is 0.00260. The lowest BCUT2D eigenvalue weighted by atomic mass is 10.0. The van der Waals surface area contributed by atoms with Crippen LogP contribution < -0.4 is 22.1 Å². The lowest BCUT2D eigenvalue weighted by molar-refractivity contribution is -0.121. The van der Waals surface area contributed by atoms with Crippen LogP contribution in [0.15, 0.2) is 0 Å². The van der Waals surface area contributed by atoms with Crippen molar-refractivity contribution in [1.29, 1.82) is 0 Å². The van der Waals surface area contributed by atoms with Gasteiger partial charge in [0, 0.05) is 6.42 Å². The Morgan fingerprint density at radius 2 is 1.68 bits per heavy atom. The van der Waals surface area contributed by atoms with E-state index >= 15 is 0 Å². The van der Waals surface area contributed by atoms with Gasteiger partial charge in [-0.1, -0.05) is 6.92 Å². The quantitative estimate of drug-likeness (QED) is 0.343. The number of carbonyl (C=O) groups is 1. The Morgan fingerprint density at radius 1 is 1.05 bits per heavy atom. The SMILES string of the molecule is CCCC(=O)C(CCCNCCCN)NCCCN. The van der Waals surface area contributed by atoms with E-state index in [1.165, 1.54) is 0 Å². The average molecular weight is 272 g/mol. The zero-order chi connectivity index (χ0) is 14.3. The molecule has 0 heterocycles.